The Bertz CT molecular complexity index is 1320. The second-order valence-corrected chi connectivity index (χ2v) is 9.49. The van der Waals surface area contributed by atoms with E-state index < -0.39 is 52.6 Å². The molecule has 1 fully saturated rings. The number of hydrogen-bond donors (Lipinski definition) is 3. The third-order valence-corrected chi connectivity index (χ3v) is 7.31. The minimum absolute atomic E-state index is 0.0290. The number of non-ortho nitro benzene ring substituents is 1. The summed E-state index contributed by atoms with van der Waals surface area (Å²) in [6.45, 7) is 1.61. The van der Waals surface area contributed by atoms with Crippen LogP contribution in [0.5, 0.6) is 0 Å². The molecule has 2 aliphatic heterocycles. The van der Waals surface area contributed by atoms with E-state index in [1.165, 1.54) is 28.8 Å². The molecule has 4 N–H and O–H groups in total. The highest BCUT2D eigenvalue weighted by Crippen LogP contribution is 2.41. The molecule has 1 unspecified atom stereocenters. The number of fused-ring (bicyclic) bond motifs is 1. The Morgan fingerprint density at radius 3 is 2.39 bits per heavy atom. The van der Waals surface area contributed by atoms with Crippen LogP contribution in [0.15, 0.2) is 65.9 Å². The number of amides is 2. The number of esters is 1. The Balaban J connectivity index is 1.48. The smallest absolute Gasteiger partial charge is 0.450 e. The third-order valence-electron chi connectivity index (χ3n) is 5.89. The van der Waals surface area contributed by atoms with Gasteiger partial charge in [-0.1, -0.05) is 30.3 Å². The van der Waals surface area contributed by atoms with Crippen molar-refractivity contribution in [3.8, 4) is 0 Å². The summed E-state index contributed by atoms with van der Waals surface area (Å²) in [5.41, 5.74) is 6.76. The summed E-state index contributed by atoms with van der Waals surface area (Å²) < 4.78 is 9.97. The van der Waals surface area contributed by atoms with Crippen molar-refractivity contribution >= 4 is 41.4 Å². The first-order valence-electron chi connectivity index (χ1n) is 11.2. The summed E-state index contributed by atoms with van der Waals surface area (Å²) in [5, 5.41) is 22.0. The zero-order chi connectivity index (χ0) is 27.6. The third kappa shape index (κ3) is 5.31. The number of nitro benzene ring substituents is 1. The van der Waals surface area contributed by atoms with Crippen LogP contribution in [0.2, 0.25) is 0 Å². The lowest BCUT2D eigenvalue weighted by Gasteiger charge is -2.49. The number of benzene rings is 2. The van der Waals surface area contributed by atoms with Gasteiger partial charge in [0.2, 0.25) is 5.91 Å². The predicted molar refractivity (Wildman–Crippen MR) is 132 cm³/mol. The van der Waals surface area contributed by atoms with Crippen molar-refractivity contribution in [3.63, 3.8) is 0 Å². The molecule has 0 radical (unpaired) electrons. The standard InChI is InChI=1S/C24H22N4O9S/c1-12-11-38-21-17(26-19(29)16(25)13-5-3-2-4-6-13)20(30)27(21)18(12)22(31)36-23(37-24(32)33)14-7-9-15(10-8-14)28(34)35/h2-10,16-17,21,23H,11,25H2,1H3,(H,26,29)(H,32,33)/t16-,17-,21-,23?/m1/s1. The lowest BCUT2D eigenvalue weighted by atomic mass is 10.0. The number of nitrogens with two attached hydrogens (primary N) is 1. The summed E-state index contributed by atoms with van der Waals surface area (Å²) in [6.07, 6.45) is -3.49. The SMILES string of the molecule is CC1=C(C(=O)OC(OC(=O)O)c2ccc([N+](=O)[O-])cc2)N2C(=O)[C@@H](NC(=O)[C@H](N)c3ccccc3)[C@H]2SC1. The fraction of sp³-hybridized carbons (Fsp3) is 0.250. The van der Waals surface area contributed by atoms with Crippen molar-refractivity contribution in [1.82, 2.24) is 10.2 Å². The second kappa shape index (κ2) is 10.9. The Morgan fingerprint density at radius 2 is 1.79 bits per heavy atom. The Kier molecular flexibility index (Phi) is 7.64. The molecular formula is C24H22N4O9S. The molecule has 13 nitrogen and oxygen atoms in total. The summed E-state index contributed by atoms with van der Waals surface area (Å²) in [6, 6.07) is 11.3. The molecule has 2 heterocycles. The van der Waals surface area contributed by atoms with Crippen LogP contribution in [0, 0.1) is 10.1 Å². The molecule has 2 aromatic carbocycles. The van der Waals surface area contributed by atoms with E-state index in [0.717, 1.165) is 12.1 Å². The maximum atomic E-state index is 13.1. The summed E-state index contributed by atoms with van der Waals surface area (Å²) >= 11 is 1.33. The minimum Gasteiger partial charge on any atom is -0.450 e. The number of carbonyl (C=O) groups excluding carboxylic acids is 3. The summed E-state index contributed by atoms with van der Waals surface area (Å²) in [7, 11) is 0. The van der Waals surface area contributed by atoms with Gasteiger partial charge in [-0.25, -0.2) is 9.59 Å². The highest BCUT2D eigenvalue weighted by atomic mass is 32.2. The lowest BCUT2D eigenvalue weighted by Crippen LogP contribution is -2.71. The van der Waals surface area contributed by atoms with Gasteiger partial charge in [-0.15, -0.1) is 11.8 Å². The topological polar surface area (TPSA) is 191 Å². The van der Waals surface area contributed by atoms with Crippen LogP contribution >= 0.6 is 11.8 Å². The molecule has 4 rings (SSSR count). The number of nitrogens with one attached hydrogen (secondary N) is 1. The van der Waals surface area contributed by atoms with Crippen LogP contribution in [0.1, 0.15) is 30.4 Å². The molecule has 1 saturated heterocycles. The first-order valence-corrected chi connectivity index (χ1v) is 12.2. The van der Waals surface area contributed by atoms with Gasteiger partial charge in [0.1, 0.15) is 23.2 Å². The van der Waals surface area contributed by atoms with Crippen molar-refractivity contribution in [2.24, 2.45) is 5.73 Å². The van der Waals surface area contributed by atoms with E-state index in [4.69, 9.17) is 15.6 Å². The molecule has 2 aromatic rings. The lowest BCUT2D eigenvalue weighted by molar-refractivity contribution is -0.384. The molecule has 2 amide bonds. The Hall–Kier alpha value is -4.43. The number of carbonyl (C=O) groups is 4. The maximum absolute atomic E-state index is 13.1. The van der Waals surface area contributed by atoms with E-state index in [0.29, 0.717) is 16.9 Å². The van der Waals surface area contributed by atoms with Gasteiger partial charge in [-0.3, -0.25) is 24.6 Å². The molecule has 0 aliphatic carbocycles. The molecule has 198 valence electrons. The normalized spacial score (nSPS) is 19.9. The minimum atomic E-state index is -1.75. The Labute approximate surface area is 219 Å². The first-order chi connectivity index (χ1) is 18.1. The van der Waals surface area contributed by atoms with E-state index >= 15 is 0 Å². The largest absolute Gasteiger partial charge is 0.509 e. The van der Waals surface area contributed by atoms with Crippen LogP contribution in [-0.4, -0.2) is 56.0 Å². The van der Waals surface area contributed by atoms with Crippen molar-refractivity contribution < 1.29 is 38.7 Å². The molecule has 38 heavy (non-hydrogen) atoms. The van der Waals surface area contributed by atoms with Gasteiger partial charge in [0, 0.05) is 23.4 Å². The van der Waals surface area contributed by atoms with E-state index in [9.17, 15) is 29.3 Å². The predicted octanol–water partition coefficient (Wildman–Crippen LogP) is 2.21. The number of ether oxygens (including phenoxy) is 2. The first kappa shape index (κ1) is 26.6. The van der Waals surface area contributed by atoms with Gasteiger partial charge in [0.15, 0.2) is 0 Å². The zero-order valence-corrected chi connectivity index (χ0v) is 20.6. The average molecular weight is 543 g/mol. The number of thioether (sulfide) groups is 1. The number of nitro groups is 1. The number of nitrogens with zero attached hydrogens (tertiary/aromatic N) is 2. The van der Waals surface area contributed by atoms with Gasteiger partial charge < -0.3 is 25.6 Å². The van der Waals surface area contributed by atoms with Gasteiger partial charge in [0.05, 0.1) is 4.92 Å². The molecule has 14 heteroatoms. The maximum Gasteiger partial charge on any atom is 0.509 e. The van der Waals surface area contributed by atoms with E-state index in [-0.39, 0.29) is 16.9 Å². The van der Waals surface area contributed by atoms with E-state index in [1.807, 2.05) is 0 Å². The van der Waals surface area contributed by atoms with Crippen molar-refractivity contribution in [3.05, 3.63) is 87.1 Å². The van der Waals surface area contributed by atoms with Crippen LogP contribution in [0.25, 0.3) is 0 Å². The molecule has 0 aromatic heterocycles. The molecule has 0 bridgehead atoms. The second-order valence-electron chi connectivity index (χ2n) is 8.38. The molecular weight excluding hydrogens is 520 g/mol. The van der Waals surface area contributed by atoms with Gasteiger partial charge >= 0.3 is 12.1 Å². The van der Waals surface area contributed by atoms with E-state index in [2.05, 4.69) is 10.1 Å². The molecule has 0 spiro atoms. The van der Waals surface area contributed by atoms with Crippen molar-refractivity contribution in [2.75, 3.05) is 5.75 Å². The fourth-order valence-corrected chi connectivity index (χ4v) is 5.27. The van der Waals surface area contributed by atoms with Crippen molar-refractivity contribution in [1.29, 1.82) is 0 Å². The number of carboxylic acid groups (broad SMARTS) is 1. The van der Waals surface area contributed by atoms with E-state index in [1.54, 1.807) is 37.3 Å². The van der Waals surface area contributed by atoms with Crippen LogP contribution in [0.3, 0.4) is 0 Å². The van der Waals surface area contributed by atoms with Gasteiger partial charge in [-0.05, 0) is 30.2 Å². The van der Waals surface area contributed by atoms with Gasteiger partial charge in [0.25, 0.3) is 17.9 Å². The quantitative estimate of drug-likeness (QED) is 0.146. The van der Waals surface area contributed by atoms with Crippen molar-refractivity contribution in [2.45, 2.75) is 30.7 Å². The number of β-lactam (4-membered cyclic amide) rings is 1. The molecule has 2 aliphatic rings. The summed E-state index contributed by atoms with van der Waals surface area (Å²) in [4.78, 5) is 61.5. The van der Waals surface area contributed by atoms with Crippen LogP contribution in [0.4, 0.5) is 10.5 Å². The highest BCUT2D eigenvalue weighted by Gasteiger charge is 2.54. The Morgan fingerprint density at radius 1 is 1.13 bits per heavy atom. The van der Waals surface area contributed by atoms with Crippen LogP contribution < -0.4 is 11.1 Å². The summed E-state index contributed by atoms with van der Waals surface area (Å²) in [5.74, 6) is -1.82. The van der Waals surface area contributed by atoms with Gasteiger partial charge in [-0.2, -0.15) is 0 Å². The highest BCUT2D eigenvalue weighted by molar-refractivity contribution is 8.00. The fourth-order valence-electron chi connectivity index (χ4n) is 3.98. The average Bonchev–Trinajstić information content (AvgIpc) is 2.90. The monoisotopic (exact) mass is 542 g/mol. The zero-order valence-electron chi connectivity index (χ0n) is 19.8. The number of rotatable bonds is 8. The number of hydrogen-bond acceptors (Lipinski definition) is 10. The van der Waals surface area contributed by atoms with Crippen LogP contribution in [-0.2, 0) is 23.9 Å². The molecule has 4 atom stereocenters. The molecule has 0 saturated carbocycles.